The predicted octanol–water partition coefficient (Wildman–Crippen LogP) is 1.04. The van der Waals surface area contributed by atoms with Gasteiger partial charge in [-0.1, -0.05) is 12.1 Å². The summed E-state index contributed by atoms with van der Waals surface area (Å²) >= 11 is 0. The Morgan fingerprint density at radius 1 is 1.53 bits per heavy atom. The van der Waals surface area contributed by atoms with E-state index in [2.05, 4.69) is 4.99 Å². The monoisotopic (exact) mass is 261 g/mol. The van der Waals surface area contributed by atoms with Crippen molar-refractivity contribution in [3.63, 3.8) is 0 Å². The van der Waals surface area contributed by atoms with Gasteiger partial charge in [-0.15, -0.1) is 0 Å². The lowest BCUT2D eigenvalue weighted by atomic mass is 9.75. The third-order valence-corrected chi connectivity index (χ3v) is 3.18. The fourth-order valence-corrected chi connectivity index (χ4v) is 2.10. The summed E-state index contributed by atoms with van der Waals surface area (Å²) in [4.78, 5) is 17.6. The van der Waals surface area contributed by atoms with E-state index in [1.165, 1.54) is 6.34 Å². The van der Waals surface area contributed by atoms with Crippen LogP contribution in [0.15, 0.2) is 29.3 Å². The fourth-order valence-electron chi connectivity index (χ4n) is 2.10. The summed E-state index contributed by atoms with van der Waals surface area (Å²) in [6, 6.07) is 7.63. The number of hydrogen-bond donors (Lipinski definition) is 1. The first kappa shape index (κ1) is 13.5. The van der Waals surface area contributed by atoms with Crippen molar-refractivity contribution in [1.82, 2.24) is 4.90 Å². The first-order valence-corrected chi connectivity index (χ1v) is 6.19. The number of anilines is 1. The summed E-state index contributed by atoms with van der Waals surface area (Å²) in [5, 5.41) is 0. The topological polar surface area (TPSA) is 67.9 Å². The van der Waals surface area contributed by atoms with E-state index in [0.717, 1.165) is 5.56 Å². The summed E-state index contributed by atoms with van der Waals surface area (Å²) in [6.07, 6.45) is 1.87. The van der Waals surface area contributed by atoms with Gasteiger partial charge in [0, 0.05) is 26.2 Å². The highest BCUT2D eigenvalue weighted by molar-refractivity contribution is 5.85. The molecule has 2 rings (SSSR count). The molecule has 0 unspecified atom stereocenters. The van der Waals surface area contributed by atoms with Crippen LogP contribution in [0.25, 0.3) is 0 Å². The van der Waals surface area contributed by atoms with E-state index in [1.807, 2.05) is 38.4 Å². The molecule has 0 saturated carbocycles. The van der Waals surface area contributed by atoms with Crippen LogP contribution in [0.3, 0.4) is 0 Å². The number of aliphatic imine (C=N–C) groups is 1. The molecule has 1 aromatic rings. The predicted molar refractivity (Wildman–Crippen MR) is 75.2 cm³/mol. The smallest absolute Gasteiger partial charge is 0.248 e. The maximum atomic E-state index is 11.9. The fraction of sp³-hybridized carbons (Fsp3) is 0.429. The minimum absolute atomic E-state index is 0.139. The van der Waals surface area contributed by atoms with E-state index in [0.29, 0.717) is 25.3 Å². The molecule has 1 heterocycles. The van der Waals surface area contributed by atoms with Gasteiger partial charge in [0.15, 0.2) is 0 Å². The zero-order valence-electron chi connectivity index (χ0n) is 11.3. The van der Waals surface area contributed by atoms with Crippen molar-refractivity contribution < 1.29 is 9.53 Å². The molecule has 1 amide bonds. The number of carbonyl (C=O) groups excluding carboxylic acids is 1. The van der Waals surface area contributed by atoms with Crippen LogP contribution in [0, 0.1) is 0 Å². The number of benzene rings is 1. The number of amides is 1. The SMILES string of the molecule is CN(C)/C=N\C(=O)CC1(c2cccc(N)c2)COC1. The minimum Gasteiger partial charge on any atom is -0.399 e. The molecule has 1 aliphatic heterocycles. The standard InChI is InChI=1S/C14H19N3O2/c1-17(2)10-16-13(18)7-14(8-19-9-14)11-4-3-5-12(15)6-11/h3-6,10H,7-9,15H2,1-2H3/b16-10-. The van der Waals surface area contributed by atoms with E-state index in [-0.39, 0.29) is 11.3 Å². The number of nitrogens with two attached hydrogens (primary N) is 1. The van der Waals surface area contributed by atoms with Gasteiger partial charge in [0.1, 0.15) is 0 Å². The molecule has 2 N–H and O–H groups in total. The molecule has 19 heavy (non-hydrogen) atoms. The molecular weight excluding hydrogens is 242 g/mol. The Morgan fingerprint density at radius 2 is 2.26 bits per heavy atom. The molecule has 1 saturated heterocycles. The first-order chi connectivity index (χ1) is 9.02. The quantitative estimate of drug-likeness (QED) is 0.499. The van der Waals surface area contributed by atoms with Crippen LogP contribution in [-0.4, -0.2) is 44.5 Å². The van der Waals surface area contributed by atoms with E-state index < -0.39 is 0 Å². The Balaban J connectivity index is 2.13. The van der Waals surface area contributed by atoms with Gasteiger partial charge in [0.2, 0.25) is 5.91 Å². The van der Waals surface area contributed by atoms with Crippen molar-refractivity contribution in [2.45, 2.75) is 11.8 Å². The largest absolute Gasteiger partial charge is 0.399 e. The van der Waals surface area contributed by atoms with Crippen LogP contribution >= 0.6 is 0 Å². The van der Waals surface area contributed by atoms with Gasteiger partial charge in [0.05, 0.1) is 25.0 Å². The van der Waals surface area contributed by atoms with Gasteiger partial charge in [-0.2, -0.15) is 0 Å². The Kier molecular flexibility index (Phi) is 3.85. The first-order valence-electron chi connectivity index (χ1n) is 6.19. The second-order valence-corrected chi connectivity index (χ2v) is 5.18. The summed E-state index contributed by atoms with van der Waals surface area (Å²) in [5.74, 6) is -0.139. The van der Waals surface area contributed by atoms with E-state index in [4.69, 9.17) is 10.5 Å². The molecule has 0 radical (unpaired) electrons. The van der Waals surface area contributed by atoms with Crippen molar-refractivity contribution in [2.75, 3.05) is 33.0 Å². The normalized spacial score (nSPS) is 17.2. The van der Waals surface area contributed by atoms with Crippen molar-refractivity contribution in [3.8, 4) is 0 Å². The van der Waals surface area contributed by atoms with Gasteiger partial charge >= 0.3 is 0 Å². The molecule has 1 aliphatic rings. The van der Waals surface area contributed by atoms with E-state index in [1.54, 1.807) is 4.90 Å². The van der Waals surface area contributed by atoms with Crippen LogP contribution in [-0.2, 0) is 14.9 Å². The molecule has 0 atom stereocenters. The van der Waals surface area contributed by atoms with Crippen LogP contribution in [0.5, 0.6) is 0 Å². The summed E-state index contributed by atoms with van der Waals surface area (Å²) in [5.41, 5.74) is 7.28. The Morgan fingerprint density at radius 3 is 2.79 bits per heavy atom. The molecular formula is C14H19N3O2. The summed E-state index contributed by atoms with van der Waals surface area (Å²) in [6.45, 7) is 1.08. The Labute approximate surface area is 113 Å². The second-order valence-electron chi connectivity index (χ2n) is 5.18. The van der Waals surface area contributed by atoms with Gasteiger partial charge in [0.25, 0.3) is 0 Å². The minimum atomic E-state index is -0.268. The maximum Gasteiger partial charge on any atom is 0.248 e. The zero-order chi connectivity index (χ0) is 13.9. The number of nitrogens with zero attached hydrogens (tertiary/aromatic N) is 2. The molecule has 1 aromatic carbocycles. The van der Waals surface area contributed by atoms with Gasteiger partial charge in [-0.25, -0.2) is 4.99 Å². The number of ether oxygens (including phenoxy) is 1. The highest BCUT2D eigenvalue weighted by Gasteiger charge is 2.42. The van der Waals surface area contributed by atoms with Gasteiger partial charge < -0.3 is 15.4 Å². The molecule has 1 fully saturated rings. The number of carbonyl (C=O) groups is 1. The molecule has 0 aromatic heterocycles. The molecule has 102 valence electrons. The Bertz CT molecular complexity index is 493. The molecule has 5 heteroatoms. The van der Waals surface area contributed by atoms with Crippen LogP contribution in [0.1, 0.15) is 12.0 Å². The lowest BCUT2D eigenvalue weighted by Crippen LogP contribution is -2.48. The number of nitrogen functional groups attached to an aromatic ring is 1. The van der Waals surface area contributed by atoms with Crippen molar-refractivity contribution in [2.24, 2.45) is 4.99 Å². The second kappa shape index (κ2) is 5.40. The highest BCUT2D eigenvalue weighted by Crippen LogP contribution is 2.36. The molecule has 0 aliphatic carbocycles. The summed E-state index contributed by atoms with van der Waals surface area (Å²) in [7, 11) is 3.66. The molecule has 5 nitrogen and oxygen atoms in total. The van der Waals surface area contributed by atoms with Crippen molar-refractivity contribution in [3.05, 3.63) is 29.8 Å². The lowest BCUT2D eigenvalue weighted by molar-refractivity contribution is -0.126. The van der Waals surface area contributed by atoms with Crippen LogP contribution in [0.4, 0.5) is 5.69 Å². The maximum absolute atomic E-state index is 11.9. The zero-order valence-corrected chi connectivity index (χ0v) is 11.3. The third-order valence-electron chi connectivity index (χ3n) is 3.18. The van der Waals surface area contributed by atoms with E-state index >= 15 is 0 Å². The highest BCUT2D eigenvalue weighted by atomic mass is 16.5. The number of rotatable bonds is 4. The average Bonchev–Trinajstić information content (AvgIpc) is 2.31. The molecule has 0 spiro atoms. The Hall–Kier alpha value is -1.88. The molecule has 0 bridgehead atoms. The van der Waals surface area contributed by atoms with E-state index in [9.17, 15) is 4.79 Å². The van der Waals surface area contributed by atoms with Crippen LogP contribution in [0.2, 0.25) is 0 Å². The average molecular weight is 261 g/mol. The van der Waals surface area contributed by atoms with Gasteiger partial charge in [-0.05, 0) is 17.7 Å². The van der Waals surface area contributed by atoms with Crippen LogP contribution < -0.4 is 5.73 Å². The van der Waals surface area contributed by atoms with Crippen molar-refractivity contribution in [1.29, 1.82) is 0 Å². The van der Waals surface area contributed by atoms with Crippen molar-refractivity contribution >= 4 is 17.9 Å². The third kappa shape index (κ3) is 3.12. The lowest BCUT2D eigenvalue weighted by Gasteiger charge is -2.41. The van der Waals surface area contributed by atoms with Gasteiger partial charge in [-0.3, -0.25) is 4.79 Å². The summed E-state index contributed by atoms with van der Waals surface area (Å²) < 4.78 is 5.30. The number of hydrogen-bond acceptors (Lipinski definition) is 3.